The van der Waals surface area contributed by atoms with Gasteiger partial charge in [-0.1, -0.05) is 54.6 Å². The summed E-state index contributed by atoms with van der Waals surface area (Å²) >= 11 is 0. The minimum atomic E-state index is -0.810. The van der Waals surface area contributed by atoms with Gasteiger partial charge in [0.2, 0.25) is 0 Å². The topological polar surface area (TPSA) is 43.4 Å². The van der Waals surface area contributed by atoms with E-state index in [4.69, 9.17) is 0 Å². The normalized spacial score (nSPS) is 9.95. The van der Waals surface area contributed by atoms with Crippen LogP contribution in [-0.2, 0) is 9.53 Å². The number of hydrogen-bond donors (Lipinski definition) is 0. The Morgan fingerprint density at radius 1 is 0.895 bits per heavy atom. The second-order valence-electron chi connectivity index (χ2n) is 3.99. The molecule has 0 unspecified atom stereocenters. The summed E-state index contributed by atoms with van der Waals surface area (Å²) in [5.74, 6) is -1.42. The van der Waals surface area contributed by atoms with Crippen LogP contribution in [0.15, 0.2) is 54.6 Å². The summed E-state index contributed by atoms with van der Waals surface area (Å²) in [6, 6.07) is 16.7. The van der Waals surface area contributed by atoms with Crippen LogP contribution < -0.4 is 0 Å². The first-order chi connectivity index (χ1) is 9.22. The van der Waals surface area contributed by atoms with E-state index < -0.39 is 11.8 Å². The van der Waals surface area contributed by atoms with Gasteiger partial charge >= 0.3 is 5.97 Å². The first kappa shape index (κ1) is 13.0. The highest BCUT2D eigenvalue weighted by Crippen LogP contribution is 2.19. The second-order valence-corrected chi connectivity index (χ2v) is 3.99. The number of rotatable bonds is 4. The molecular formula is C16H14O3. The Hall–Kier alpha value is -2.42. The van der Waals surface area contributed by atoms with Gasteiger partial charge in [0.25, 0.3) is 5.78 Å². The zero-order chi connectivity index (χ0) is 13.7. The molecule has 0 aromatic heterocycles. The summed E-state index contributed by atoms with van der Waals surface area (Å²) in [6.07, 6.45) is 0. The van der Waals surface area contributed by atoms with E-state index in [-0.39, 0.29) is 6.61 Å². The number of carbonyl (C=O) groups is 2. The number of hydrogen-bond acceptors (Lipinski definition) is 3. The molecule has 0 amide bonds. The minimum Gasteiger partial charge on any atom is -0.460 e. The van der Waals surface area contributed by atoms with Crippen LogP contribution >= 0.6 is 0 Å². The highest BCUT2D eigenvalue weighted by molar-refractivity contribution is 6.40. The Bertz CT molecular complexity index is 571. The third-order valence-corrected chi connectivity index (χ3v) is 2.72. The van der Waals surface area contributed by atoms with E-state index in [9.17, 15) is 9.59 Å². The van der Waals surface area contributed by atoms with Crippen LogP contribution in [0.25, 0.3) is 11.1 Å². The maximum atomic E-state index is 11.7. The van der Waals surface area contributed by atoms with Gasteiger partial charge in [-0.15, -0.1) is 0 Å². The molecule has 0 radical (unpaired) electrons. The van der Waals surface area contributed by atoms with Gasteiger partial charge in [-0.2, -0.15) is 0 Å². The molecule has 0 aliphatic rings. The third kappa shape index (κ3) is 3.07. The van der Waals surface area contributed by atoms with E-state index in [1.165, 1.54) is 0 Å². The van der Waals surface area contributed by atoms with Gasteiger partial charge in [-0.3, -0.25) is 4.79 Å². The quantitative estimate of drug-likeness (QED) is 0.478. The first-order valence-corrected chi connectivity index (χ1v) is 6.09. The molecule has 0 spiro atoms. The molecule has 0 N–H and O–H groups in total. The molecule has 2 aromatic carbocycles. The molecule has 0 heterocycles. The fourth-order valence-electron chi connectivity index (χ4n) is 1.76. The molecule has 96 valence electrons. The van der Waals surface area contributed by atoms with Crippen molar-refractivity contribution in [3.05, 3.63) is 60.2 Å². The molecule has 0 aliphatic carbocycles. The van der Waals surface area contributed by atoms with Crippen LogP contribution in [0.4, 0.5) is 0 Å². The van der Waals surface area contributed by atoms with Crippen molar-refractivity contribution < 1.29 is 14.3 Å². The molecule has 2 aromatic rings. The fourth-order valence-corrected chi connectivity index (χ4v) is 1.76. The van der Waals surface area contributed by atoms with Crippen LogP contribution in [0.1, 0.15) is 17.3 Å². The zero-order valence-corrected chi connectivity index (χ0v) is 10.6. The van der Waals surface area contributed by atoms with E-state index in [1.807, 2.05) is 42.5 Å². The largest absolute Gasteiger partial charge is 0.460 e. The van der Waals surface area contributed by atoms with Crippen LogP contribution in [0.5, 0.6) is 0 Å². The van der Waals surface area contributed by atoms with E-state index in [2.05, 4.69) is 4.74 Å². The molecule has 3 heteroatoms. The van der Waals surface area contributed by atoms with E-state index in [1.54, 1.807) is 19.1 Å². The number of benzene rings is 2. The van der Waals surface area contributed by atoms with Crippen molar-refractivity contribution in [2.45, 2.75) is 6.92 Å². The van der Waals surface area contributed by atoms with Crippen LogP contribution in [0.3, 0.4) is 0 Å². The van der Waals surface area contributed by atoms with Gasteiger partial charge < -0.3 is 4.74 Å². The molecule has 0 fully saturated rings. The summed E-state index contributed by atoms with van der Waals surface area (Å²) in [5.41, 5.74) is 2.41. The molecular weight excluding hydrogens is 240 g/mol. The van der Waals surface area contributed by atoms with Gasteiger partial charge in [0, 0.05) is 5.56 Å². The van der Waals surface area contributed by atoms with Crippen molar-refractivity contribution in [1.82, 2.24) is 0 Å². The Labute approximate surface area is 111 Å². The maximum absolute atomic E-state index is 11.7. The lowest BCUT2D eigenvalue weighted by molar-refractivity contribution is -0.137. The van der Waals surface area contributed by atoms with E-state index in [0.29, 0.717) is 5.56 Å². The van der Waals surface area contributed by atoms with Crippen molar-refractivity contribution >= 4 is 11.8 Å². The lowest BCUT2D eigenvalue weighted by Gasteiger charge is -2.04. The van der Waals surface area contributed by atoms with Crippen molar-refractivity contribution in [2.24, 2.45) is 0 Å². The van der Waals surface area contributed by atoms with Crippen molar-refractivity contribution in [2.75, 3.05) is 6.61 Å². The predicted molar refractivity (Wildman–Crippen MR) is 72.8 cm³/mol. The molecule has 0 aliphatic heterocycles. The average Bonchev–Trinajstić information content (AvgIpc) is 2.48. The Morgan fingerprint density at radius 2 is 1.47 bits per heavy atom. The van der Waals surface area contributed by atoms with Gasteiger partial charge in [-0.25, -0.2) is 4.79 Å². The predicted octanol–water partition coefficient (Wildman–Crippen LogP) is 3.10. The fraction of sp³-hybridized carbons (Fsp3) is 0.125. The van der Waals surface area contributed by atoms with Gasteiger partial charge in [-0.05, 0) is 18.1 Å². The van der Waals surface area contributed by atoms with Crippen molar-refractivity contribution in [1.29, 1.82) is 0 Å². The Morgan fingerprint density at radius 3 is 2.05 bits per heavy atom. The molecule has 0 saturated carbocycles. The first-order valence-electron chi connectivity index (χ1n) is 6.09. The number of carbonyl (C=O) groups excluding carboxylic acids is 2. The average molecular weight is 254 g/mol. The van der Waals surface area contributed by atoms with E-state index in [0.717, 1.165) is 11.1 Å². The van der Waals surface area contributed by atoms with Crippen LogP contribution in [-0.4, -0.2) is 18.4 Å². The molecule has 0 bridgehead atoms. The van der Waals surface area contributed by atoms with E-state index >= 15 is 0 Å². The molecule has 0 saturated heterocycles. The molecule has 3 nitrogen and oxygen atoms in total. The van der Waals surface area contributed by atoms with Crippen molar-refractivity contribution in [3.8, 4) is 11.1 Å². The number of esters is 1. The molecule has 19 heavy (non-hydrogen) atoms. The highest BCUT2D eigenvalue weighted by Gasteiger charge is 2.16. The summed E-state index contributed by atoms with van der Waals surface area (Å²) in [7, 11) is 0. The number of ketones is 1. The molecule has 2 rings (SSSR count). The van der Waals surface area contributed by atoms with Crippen molar-refractivity contribution in [3.63, 3.8) is 0 Å². The molecule has 0 atom stereocenters. The standard InChI is InChI=1S/C16H14O3/c1-2-19-16(18)15(17)14-10-8-13(9-11-14)12-6-4-3-5-7-12/h3-11H,2H2,1H3. The Kier molecular flexibility index (Phi) is 4.08. The third-order valence-electron chi connectivity index (χ3n) is 2.72. The lowest BCUT2D eigenvalue weighted by Crippen LogP contribution is -2.17. The second kappa shape index (κ2) is 5.96. The van der Waals surface area contributed by atoms with Gasteiger partial charge in [0.05, 0.1) is 6.61 Å². The highest BCUT2D eigenvalue weighted by atomic mass is 16.5. The lowest BCUT2D eigenvalue weighted by atomic mass is 10.0. The smallest absolute Gasteiger partial charge is 0.379 e. The van der Waals surface area contributed by atoms with Gasteiger partial charge in [0.15, 0.2) is 0 Å². The van der Waals surface area contributed by atoms with Gasteiger partial charge in [0.1, 0.15) is 0 Å². The summed E-state index contributed by atoms with van der Waals surface area (Å²) in [4.78, 5) is 23.0. The number of Topliss-reactive ketones (excluding diaryl/α,β-unsaturated/α-hetero) is 1. The van der Waals surface area contributed by atoms with Crippen LogP contribution in [0, 0.1) is 0 Å². The minimum absolute atomic E-state index is 0.201. The Balaban J connectivity index is 2.19. The summed E-state index contributed by atoms with van der Waals surface area (Å²) in [5, 5.41) is 0. The monoisotopic (exact) mass is 254 g/mol. The summed E-state index contributed by atoms with van der Waals surface area (Å²) in [6.45, 7) is 1.87. The summed E-state index contributed by atoms with van der Waals surface area (Å²) < 4.78 is 4.68. The SMILES string of the molecule is CCOC(=O)C(=O)c1ccc(-c2ccccc2)cc1. The maximum Gasteiger partial charge on any atom is 0.379 e. The zero-order valence-electron chi connectivity index (χ0n) is 10.6. The van der Waals surface area contributed by atoms with Crippen LogP contribution in [0.2, 0.25) is 0 Å². The number of ether oxygens (including phenoxy) is 1.